The average molecular weight is 1190 g/mol. The molecule has 0 aliphatic rings. The highest BCUT2D eigenvalue weighted by atomic mass is 31.2. The average Bonchev–Trinajstić information content (AvgIpc) is 3.42. The van der Waals surface area contributed by atoms with Gasteiger partial charge in [0, 0.05) is 25.7 Å². The lowest BCUT2D eigenvalue weighted by atomic mass is 10.0. The molecule has 17 nitrogen and oxygen atoms in total. The SMILES string of the molecule is CCCCCCCCCCCCCC(=O)OC[C@H](COP(=O)(O)OC[C@@H](O)COP(=O)(O)OC[C@@H](COC(=O)CCCCCCC)OC(=O)CCCCCCCCCCC)OC(=O)CCCCCCCCCCCCCCC(C)C. The Morgan fingerprint density at radius 1 is 0.338 bits per heavy atom. The van der Waals surface area contributed by atoms with Gasteiger partial charge in [-0.05, 0) is 31.6 Å². The van der Waals surface area contributed by atoms with E-state index in [0.717, 1.165) is 102 Å². The third kappa shape index (κ3) is 55.3. The molecule has 0 aromatic rings. The summed E-state index contributed by atoms with van der Waals surface area (Å²) in [5, 5.41) is 10.5. The van der Waals surface area contributed by atoms with E-state index in [4.69, 9.17) is 37.0 Å². The second-order valence-electron chi connectivity index (χ2n) is 22.6. The molecule has 0 rings (SSSR count). The minimum absolute atomic E-state index is 0.105. The molecule has 0 radical (unpaired) electrons. The lowest BCUT2D eigenvalue weighted by molar-refractivity contribution is -0.161. The lowest BCUT2D eigenvalue weighted by Gasteiger charge is -2.21. The zero-order valence-electron chi connectivity index (χ0n) is 51.2. The number of aliphatic hydroxyl groups is 1. The van der Waals surface area contributed by atoms with Gasteiger partial charge in [-0.2, -0.15) is 0 Å². The van der Waals surface area contributed by atoms with Crippen molar-refractivity contribution >= 4 is 39.5 Å². The molecule has 0 saturated heterocycles. The number of esters is 4. The molecule has 0 fully saturated rings. The number of ether oxygens (including phenoxy) is 4. The summed E-state index contributed by atoms with van der Waals surface area (Å²) in [4.78, 5) is 71.8. The number of hydrogen-bond donors (Lipinski definition) is 3. The van der Waals surface area contributed by atoms with E-state index in [1.165, 1.54) is 122 Å². The van der Waals surface area contributed by atoms with Gasteiger partial charge in [-0.1, -0.05) is 253 Å². The molecule has 0 aromatic heterocycles. The lowest BCUT2D eigenvalue weighted by Crippen LogP contribution is -2.30. The van der Waals surface area contributed by atoms with Crippen molar-refractivity contribution in [1.82, 2.24) is 0 Å². The van der Waals surface area contributed by atoms with Gasteiger partial charge in [0.1, 0.15) is 19.3 Å². The Labute approximate surface area is 486 Å². The zero-order valence-corrected chi connectivity index (χ0v) is 53.0. The van der Waals surface area contributed by atoms with Gasteiger partial charge in [0.2, 0.25) is 0 Å². The Kier molecular flexibility index (Phi) is 53.6. The summed E-state index contributed by atoms with van der Waals surface area (Å²) in [6.07, 6.45) is 37.9. The predicted molar refractivity (Wildman–Crippen MR) is 317 cm³/mol. The third-order valence-corrected chi connectivity index (χ3v) is 15.9. The summed E-state index contributed by atoms with van der Waals surface area (Å²) in [5.74, 6) is -1.37. The largest absolute Gasteiger partial charge is 0.472 e. The Morgan fingerprint density at radius 2 is 0.575 bits per heavy atom. The van der Waals surface area contributed by atoms with Gasteiger partial charge in [0.25, 0.3) is 0 Å². The molecule has 80 heavy (non-hydrogen) atoms. The quantitative estimate of drug-likeness (QED) is 0.0222. The maximum atomic E-state index is 12.9. The van der Waals surface area contributed by atoms with Crippen molar-refractivity contribution in [2.24, 2.45) is 5.92 Å². The van der Waals surface area contributed by atoms with E-state index >= 15 is 0 Å². The Morgan fingerprint density at radius 3 is 0.850 bits per heavy atom. The van der Waals surface area contributed by atoms with Crippen LogP contribution in [0, 0.1) is 5.92 Å². The number of aliphatic hydroxyl groups excluding tert-OH is 1. The minimum atomic E-state index is -4.94. The number of unbranched alkanes of at least 4 members (excludes halogenated alkanes) is 33. The van der Waals surface area contributed by atoms with Crippen LogP contribution in [0.1, 0.15) is 304 Å². The van der Waals surface area contributed by atoms with Crippen LogP contribution in [-0.4, -0.2) is 96.7 Å². The molecule has 5 atom stereocenters. The van der Waals surface area contributed by atoms with Crippen LogP contribution < -0.4 is 0 Å². The summed E-state index contributed by atoms with van der Waals surface area (Å²) in [7, 11) is -9.87. The van der Waals surface area contributed by atoms with E-state index in [1.807, 2.05) is 0 Å². The van der Waals surface area contributed by atoms with Gasteiger partial charge in [-0.3, -0.25) is 37.3 Å². The highest BCUT2D eigenvalue weighted by Gasteiger charge is 2.30. The Hall–Kier alpha value is -1.94. The molecule has 2 unspecified atom stereocenters. The first kappa shape index (κ1) is 78.1. The second kappa shape index (κ2) is 55.0. The molecule has 0 aliphatic heterocycles. The van der Waals surface area contributed by atoms with E-state index in [9.17, 15) is 43.2 Å². The van der Waals surface area contributed by atoms with Crippen molar-refractivity contribution in [3.63, 3.8) is 0 Å². The molecule has 19 heteroatoms. The van der Waals surface area contributed by atoms with E-state index in [-0.39, 0.29) is 25.7 Å². The number of carbonyl (C=O) groups is 4. The molecule has 0 spiro atoms. The summed E-state index contributed by atoms with van der Waals surface area (Å²) < 4.78 is 67.6. The highest BCUT2D eigenvalue weighted by Crippen LogP contribution is 2.45. The van der Waals surface area contributed by atoms with E-state index in [1.54, 1.807) is 0 Å². The van der Waals surface area contributed by atoms with Gasteiger partial charge in [-0.15, -0.1) is 0 Å². The van der Waals surface area contributed by atoms with Gasteiger partial charge < -0.3 is 33.8 Å². The molecule has 0 heterocycles. The van der Waals surface area contributed by atoms with Crippen molar-refractivity contribution in [3.8, 4) is 0 Å². The van der Waals surface area contributed by atoms with Crippen molar-refractivity contribution in [2.45, 2.75) is 323 Å². The monoisotopic (exact) mass is 1180 g/mol. The topological polar surface area (TPSA) is 237 Å². The standard InChI is InChI=1S/C61H118O17P2/c1-6-9-12-15-17-19-22-27-30-35-40-45-59(64)72-51-57(78-61(66)47-42-37-32-28-24-21-20-23-26-29-34-38-43-54(4)5)53-76-80(69,70)74-49-55(62)48-73-79(67,68)75-52-56(50-71-58(63)44-39-33-14-11-8-3)77-60(65)46-41-36-31-25-18-16-13-10-7-2/h54-57,62H,6-53H2,1-5H3,(H,67,68)(H,69,70)/t55-,56+,57+/m0/s1. The van der Waals surface area contributed by atoms with Crippen molar-refractivity contribution in [3.05, 3.63) is 0 Å². The van der Waals surface area contributed by atoms with Crippen LogP contribution >= 0.6 is 15.6 Å². The summed E-state index contributed by atoms with van der Waals surface area (Å²) in [6, 6.07) is 0. The Bertz CT molecular complexity index is 1570. The number of rotatable bonds is 61. The predicted octanol–water partition coefficient (Wildman–Crippen LogP) is 16.6. The molecule has 0 aromatic carbocycles. The number of carbonyl (C=O) groups excluding carboxylic acids is 4. The van der Waals surface area contributed by atoms with Gasteiger partial charge in [-0.25, -0.2) is 9.13 Å². The molecular formula is C61H118O17P2. The van der Waals surface area contributed by atoms with Gasteiger partial charge in [0.05, 0.1) is 26.4 Å². The van der Waals surface area contributed by atoms with Gasteiger partial charge >= 0.3 is 39.5 Å². The molecule has 0 saturated carbocycles. The van der Waals surface area contributed by atoms with Crippen LogP contribution in [0.3, 0.4) is 0 Å². The van der Waals surface area contributed by atoms with E-state index in [2.05, 4.69) is 34.6 Å². The first-order chi connectivity index (χ1) is 38.5. The zero-order chi connectivity index (χ0) is 59.2. The first-order valence-electron chi connectivity index (χ1n) is 32.1. The molecular weight excluding hydrogens is 1070 g/mol. The smallest absolute Gasteiger partial charge is 0.462 e. The van der Waals surface area contributed by atoms with Crippen LogP contribution in [0.15, 0.2) is 0 Å². The van der Waals surface area contributed by atoms with Crippen molar-refractivity contribution < 1.29 is 80.2 Å². The minimum Gasteiger partial charge on any atom is -0.462 e. The fourth-order valence-corrected chi connectivity index (χ4v) is 10.6. The number of phosphoric ester groups is 2. The number of phosphoric acid groups is 2. The molecule has 3 N–H and O–H groups in total. The van der Waals surface area contributed by atoms with Crippen LogP contribution in [0.4, 0.5) is 0 Å². The van der Waals surface area contributed by atoms with E-state index < -0.39 is 97.5 Å². The molecule has 0 amide bonds. The van der Waals surface area contributed by atoms with Gasteiger partial charge in [0.15, 0.2) is 12.2 Å². The summed E-state index contributed by atoms with van der Waals surface area (Å²) >= 11 is 0. The Balaban J connectivity index is 5.17. The maximum absolute atomic E-state index is 12.9. The highest BCUT2D eigenvalue weighted by molar-refractivity contribution is 7.47. The first-order valence-corrected chi connectivity index (χ1v) is 35.1. The van der Waals surface area contributed by atoms with Crippen molar-refractivity contribution in [1.29, 1.82) is 0 Å². The van der Waals surface area contributed by atoms with Crippen LogP contribution in [0.2, 0.25) is 0 Å². The molecule has 474 valence electrons. The summed E-state index contributed by atoms with van der Waals surface area (Å²) in [5.41, 5.74) is 0. The third-order valence-electron chi connectivity index (χ3n) is 14.0. The van der Waals surface area contributed by atoms with Crippen LogP contribution in [0.25, 0.3) is 0 Å². The van der Waals surface area contributed by atoms with Crippen LogP contribution in [-0.2, 0) is 65.4 Å². The van der Waals surface area contributed by atoms with E-state index in [0.29, 0.717) is 25.7 Å². The maximum Gasteiger partial charge on any atom is 0.472 e. The normalized spacial score (nSPS) is 14.3. The van der Waals surface area contributed by atoms with Crippen LogP contribution in [0.5, 0.6) is 0 Å². The second-order valence-corrected chi connectivity index (χ2v) is 25.5. The number of hydrogen-bond acceptors (Lipinski definition) is 15. The molecule has 0 bridgehead atoms. The van der Waals surface area contributed by atoms with Crippen molar-refractivity contribution in [2.75, 3.05) is 39.6 Å². The molecule has 0 aliphatic carbocycles. The fourth-order valence-electron chi connectivity index (χ4n) is 9.05. The summed E-state index contributed by atoms with van der Waals surface area (Å²) in [6.45, 7) is 7.08. The fraction of sp³-hybridized carbons (Fsp3) is 0.934.